The van der Waals surface area contributed by atoms with Crippen LogP contribution in [0.3, 0.4) is 0 Å². The van der Waals surface area contributed by atoms with E-state index in [1.807, 2.05) is 48.5 Å². The van der Waals surface area contributed by atoms with Crippen molar-refractivity contribution >= 4 is 11.9 Å². The lowest BCUT2D eigenvalue weighted by Crippen LogP contribution is -2.38. The van der Waals surface area contributed by atoms with Crippen LogP contribution < -0.4 is 0 Å². The minimum Gasteiger partial charge on any atom is -0.462 e. The molecule has 0 bridgehead atoms. The van der Waals surface area contributed by atoms with Crippen molar-refractivity contribution < 1.29 is 19.1 Å². The number of rotatable bonds is 13. The zero-order chi connectivity index (χ0) is 28.2. The number of aryl methyl sites for hydroxylation is 2. The van der Waals surface area contributed by atoms with Gasteiger partial charge < -0.3 is 19.3 Å². The fourth-order valence-corrected chi connectivity index (χ4v) is 5.91. The zero-order valence-electron chi connectivity index (χ0n) is 24.6. The summed E-state index contributed by atoms with van der Waals surface area (Å²) in [7, 11) is 0. The molecule has 2 aliphatic rings. The Morgan fingerprint density at radius 1 is 0.650 bits per heavy atom. The number of benzene rings is 2. The van der Waals surface area contributed by atoms with Crippen LogP contribution in [-0.4, -0.2) is 73.2 Å². The van der Waals surface area contributed by atoms with Crippen molar-refractivity contribution in [1.82, 2.24) is 9.80 Å². The Balaban J connectivity index is 1.12. The molecule has 40 heavy (non-hydrogen) atoms. The van der Waals surface area contributed by atoms with Crippen molar-refractivity contribution in [2.45, 2.75) is 90.1 Å². The van der Waals surface area contributed by atoms with Crippen LogP contribution in [0, 0.1) is 0 Å². The van der Waals surface area contributed by atoms with Gasteiger partial charge in [-0.1, -0.05) is 37.1 Å². The molecule has 0 saturated carbocycles. The Morgan fingerprint density at radius 2 is 1.05 bits per heavy atom. The average Bonchev–Trinajstić information content (AvgIpc) is 2.98. The first kappa shape index (κ1) is 30.3. The molecule has 2 saturated heterocycles. The molecule has 2 heterocycles. The first-order valence-corrected chi connectivity index (χ1v) is 15.5. The summed E-state index contributed by atoms with van der Waals surface area (Å²) in [5.74, 6) is -0.497. The van der Waals surface area contributed by atoms with Gasteiger partial charge in [0.2, 0.25) is 0 Å². The normalized spacial score (nSPS) is 20.2. The molecule has 0 radical (unpaired) electrons. The largest absolute Gasteiger partial charge is 0.462 e. The number of carbonyl (C=O) groups is 2. The predicted octanol–water partition coefficient (Wildman–Crippen LogP) is 6.31. The van der Waals surface area contributed by atoms with Gasteiger partial charge in [0, 0.05) is 25.2 Å². The maximum Gasteiger partial charge on any atom is 0.338 e. The third-order valence-corrected chi connectivity index (χ3v) is 8.61. The number of ether oxygens (including phenoxy) is 2. The number of hydrogen-bond acceptors (Lipinski definition) is 6. The lowest BCUT2D eigenvalue weighted by atomic mass is 10.0. The van der Waals surface area contributed by atoms with Gasteiger partial charge in [0.05, 0.1) is 24.3 Å². The van der Waals surface area contributed by atoms with Crippen LogP contribution in [0.25, 0.3) is 0 Å². The summed E-state index contributed by atoms with van der Waals surface area (Å²) in [6.07, 6.45) is 11.2. The molecule has 0 amide bonds. The van der Waals surface area contributed by atoms with Crippen molar-refractivity contribution in [3.63, 3.8) is 0 Å². The van der Waals surface area contributed by atoms with Gasteiger partial charge in [0.25, 0.3) is 0 Å². The second-order valence-electron chi connectivity index (χ2n) is 11.6. The van der Waals surface area contributed by atoms with Gasteiger partial charge in [0.1, 0.15) is 0 Å². The smallest absolute Gasteiger partial charge is 0.338 e. The molecule has 6 heteroatoms. The molecule has 0 aromatic heterocycles. The van der Waals surface area contributed by atoms with Crippen LogP contribution in [0.5, 0.6) is 0 Å². The molecule has 2 aliphatic heterocycles. The molecule has 2 atom stereocenters. The van der Waals surface area contributed by atoms with E-state index in [4.69, 9.17) is 9.47 Å². The second kappa shape index (κ2) is 15.9. The summed E-state index contributed by atoms with van der Waals surface area (Å²) in [6, 6.07) is 16.7. The maximum atomic E-state index is 12.4. The number of carbonyl (C=O) groups excluding carboxylic acids is 2. The third kappa shape index (κ3) is 9.45. The van der Waals surface area contributed by atoms with Crippen molar-refractivity contribution in [3.05, 3.63) is 70.8 Å². The van der Waals surface area contributed by atoms with Crippen LogP contribution in [-0.2, 0) is 22.3 Å². The Bertz CT molecular complexity index is 967. The summed E-state index contributed by atoms with van der Waals surface area (Å²) in [5, 5.41) is 0. The van der Waals surface area contributed by atoms with Gasteiger partial charge in [-0.05, 0) is 114 Å². The molecule has 2 aromatic rings. The topological polar surface area (TPSA) is 59.1 Å². The van der Waals surface area contributed by atoms with Gasteiger partial charge in [-0.25, -0.2) is 9.59 Å². The minimum atomic E-state index is -0.248. The Labute approximate surface area is 241 Å². The highest BCUT2D eigenvalue weighted by atomic mass is 16.5. The summed E-state index contributed by atoms with van der Waals surface area (Å²) < 4.78 is 11.0. The van der Waals surface area contributed by atoms with E-state index in [1.165, 1.54) is 49.7 Å². The van der Waals surface area contributed by atoms with Gasteiger partial charge in [-0.3, -0.25) is 0 Å². The fraction of sp³-hybridized carbons (Fsp3) is 0.588. The minimum absolute atomic E-state index is 0.248. The summed E-state index contributed by atoms with van der Waals surface area (Å²) in [5.41, 5.74) is 3.54. The molecule has 4 rings (SSSR count). The summed E-state index contributed by atoms with van der Waals surface area (Å²) in [4.78, 5) is 29.9. The van der Waals surface area contributed by atoms with E-state index in [1.54, 1.807) is 0 Å². The molecule has 218 valence electrons. The van der Waals surface area contributed by atoms with Crippen LogP contribution in [0.2, 0.25) is 0 Å². The highest BCUT2D eigenvalue weighted by Gasteiger charge is 2.19. The Kier molecular flexibility index (Phi) is 12.0. The van der Waals surface area contributed by atoms with E-state index < -0.39 is 0 Å². The predicted molar refractivity (Wildman–Crippen MR) is 160 cm³/mol. The number of hydrogen-bond donors (Lipinski definition) is 0. The molecule has 0 aliphatic carbocycles. The summed E-state index contributed by atoms with van der Waals surface area (Å²) in [6.45, 7) is 9.81. The van der Waals surface area contributed by atoms with Crippen molar-refractivity contribution in [2.75, 3.05) is 39.4 Å². The highest BCUT2D eigenvalue weighted by Crippen LogP contribution is 2.18. The molecular formula is C34H48N2O4. The number of esters is 2. The standard InChI is InChI=1S/C34H48N2O4/c1-27-9-3-5-21-35(27)23-7-25-39-33(37)31-17-13-29(14-18-31)11-12-30-15-19-32(20-16-30)34(38)40-26-8-24-36-22-6-4-10-28(36)2/h13-20,27-28H,3-12,21-26H2,1-2H3. The van der Waals surface area contributed by atoms with E-state index in [2.05, 4.69) is 23.6 Å². The van der Waals surface area contributed by atoms with Gasteiger partial charge in [-0.2, -0.15) is 0 Å². The molecule has 2 fully saturated rings. The van der Waals surface area contributed by atoms with Gasteiger partial charge >= 0.3 is 11.9 Å². The quantitative estimate of drug-likeness (QED) is 0.216. The number of likely N-dealkylation sites (tertiary alicyclic amines) is 2. The van der Waals surface area contributed by atoms with Gasteiger partial charge in [0.15, 0.2) is 0 Å². The molecule has 6 nitrogen and oxygen atoms in total. The Morgan fingerprint density at radius 3 is 1.43 bits per heavy atom. The van der Waals surface area contributed by atoms with E-state index in [9.17, 15) is 9.59 Å². The van der Waals surface area contributed by atoms with Crippen molar-refractivity contribution in [1.29, 1.82) is 0 Å². The number of nitrogens with zero attached hydrogens (tertiary/aromatic N) is 2. The SMILES string of the molecule is CC1CCCCN1CCCOC(=O)c1ccc(CCc2ccc(C(=O)OCCCN3CCCCC3C)cc2)cc1. The average molecular weight is 549 g/mol. The van der Waals surface area contributed by atoms with Crippen LogP contribution in [0.4, 0.5) is 0 Å². The van der Waals surface area contributed by atoms with Crippen molar-refractivity contribution in [3.8, 4) is 0 Å². The number of piperidine rings is 2. The van der Waals surface area contributed by atoms with Crippen LogP contribution >= 0.6 is 0 Å². The van der Waals surface area contributed by atoms with Crippen LogP contribution in [0.1, 0.15) is 97.1 Å². The molecular weight excluding hydrogens is 500 g/mol. The molecule has 2 aromatic carbocycles. The fourth-order valence-electron chi connectivity index (χ4n) is 5.91. The highest BCUT2D eigenvalue weighted by molar-refractivity contribution is 5.89. The van der Waals surface area contributed by atoms with Gasteiger partial charge in [-0.15, -0.1) is 0 Å². The lowest BCUT2D eigenvalue weighted by Gasteiger charge is -2.33. The van der Waals surface area contributed by atoms with E-state index in [-0.39, 0.29) is 11.9 Å². The maximum absolute atomic E-state index is 12.4. The van der Waals surface area contributed by atoms with Crippen LogP contribution in [0.15, 0.2) is 48.5 Å². The first-order chi connectivity index (χ1) is 19.5. The second-order valence-corrected chi connectivity index (χ2v) is 11.6. The van der Waals surface area contributed by atoms with E-state index >= 15 is 0 Å². The van der Waals surface area contributed by atoms with E-state index in [0.29, 0.717) is 36.4 Å². The summed E-state index contributed by atoms with van der Waals surface area (Å²) >= 11 is 0. The Hall–Kier alpha value is -2.70. The zero-order valence-corrected chi connectivity index (χ0v) is 24.6. The molecule has 2 unspecified atom stereocenters. The first-order valence-electron chi connectivity index (χ1n) is 15.5. The van der Waals surface area contributed by atoms with Crippen molar-refractivity contribution in [2.24, 2.45) is 0 Å². The monoisotopic (exact) mass is 548 g/mol. The molecule has 0 spiro atoms. The lowest BCUT2D eigenvalue weighted by molar-refractivity contribution is 0.0466. The van der Waals surface area contributed by atoms with E-state index in [0.717, 1.165) is 51.9 Å². The molecule has 0 N–H and O–H groups in total. The third-order valence-electron chi connectivity index (χ3n) is 8.61.